The number of halogens is 1. The minimum absolute atomic E-state index is 0.0488. The summed E-state index contributed by atoms with van der Waals surface area (Å²) >= 11 is 5.98. The molecule has 0 spiro atoms. The molecule has 0 bridgehead atoms. The van der Waals surface area contributed by atoms with Crippen molar-refractivity contribution in [1.82, 2.24) is 5.32 Å². The van der Waals surface area contributed by atoms with Gasteiger partial charge in [0.1, 0.15) is 0 Å². The van der Waals surface area contributed by atoms with Gasteiger partial charge in [-0.2, -0.15) is 0 Å². The number of nitrogens with two attached hydrogens (primary N) is 1. The van der Waals surface area contributed by atoms with Crippen LogP contribution >= 0.6 is 11.6 Å². The van der Waals surface area contributed by atoms with Crippen molar-refractivity contribution in [2.75, 3.05) is 0 Å². The van der Waals surface area contributed by atoms with Crippen molar-refractivity contribution in [3.8, 4) is 0 Å². The van der Waals surface area contributed by atoms with Crippen LogP contribution in [0.3, 0.4) is 0 Å². The highest BCUT2D eigenvalue weighted by molar-refractivity contribution is 7.89. The highest BCUT2D eigenvalue weighted by Crippen LogP contribution is 2.23. The standard InChI is InChI=1S/C10H13ClN2O2S/c11-10-5-9(16(12,14)15)4-1-7(10)6-13-8-2-3-8/h1,4-5,8,13H,2-3,6H2,(H2,12,14,15). The fourth-order valence-corrected chi connectivity index (χ4v) is 2.24. The van der Waals surface area contributed by atoms with Gasteiger partial charge in [0.15, 0.2) is 0 Å². The lowest BCUT2D eigenvalue weighted by Crippen LogP contribution is -2.16. The fourth-order valence-electron chi connectivity index (χ4n) is 1.39. The molecule has 1 aromatic carbocycles. The van der Waals surface area contributed by atoms with Gasteiger partial charge in [-0.3, -0.25) is 0 Å². The molecule has 0 saturated heterocycles. The first-order chi connectivity index (χ1) is 7.47. The molecule has 0 radical (unpaired) electrons. The average molecular weight is 261 g/mol. The van der Waals surface area contributed by atoms with Gasteiger partial charge in [-0.1, -0.05) is 17.7 Å². The Hall–Kier alpha value is -0.620. The number of rotatable bonds is 4. The van der Waals surface area contributed by atoms with Crippen molar-refractivity contribution in [3.63, 3.8) is 0 Å². The molecule has 2 rings (SSSR count). The van der Waals surface area contributed by atoms with Gasteiger partial charge in [0, 0.05) is 17.6 Å². The molecule has 4 nitrogen and oxygen atoms in total. The Bertz CT molecular complexity index is 498. The summed E-state index contributed by atoms with van der Waals surface area (Å²) in [4.78, 5) is 0.0488. The first-order valence-electron chi connectivity index (χ1n) is 5.01. The van der Waals surface area contributed by atoms with E-state index in [1.165, 1.54) is 25.0 Å². The normalized spacial score (nSPS) is 16.4. The van der Waals surface area contributed by atoms with Crippen LogP contribution in [0.5, 0.6) is 0 Å². The summed E-state index contributed by atoms with van der Waals surface area (Å²) in [5.74, 6) is 0. The van der Waals surface area contributed by atoms with Crippen LogP contribution in [0.25, 0.3) is 0 Å². The van der Waals surface area contributed by atoms with E-state index in [0.29, 0.717) is 17.6 Å². The third kappa shape index (κ3) is 2.95. The number of nitrogens with one attached hydrogen (secondary N) is 1. The third-order valence-corrected chi connectivity index (χ3v) is 3.77. The summed E-state index contributed by atoms with van der Waals surface area (Å²) in [7, 11) is -3.67. The number of primary sulfonamides is 1. The Kier molecular flexibility index (Phi) is 3.21. The van der Waals surface area contributed by atoms with Crippen molar-refractivity contribution in [1.29, 1.82) is 0 Å². The summed E-state index contributed by atoms with van der Waals surface area (Å²) in [5, 5.41) is 8.74. The fraction of sp³-hybridized carbons (Fsp3) is 0.400. The van der Waals surface area contributed by atoms with Gasteiger partial charge < -0.3 is 5.32 Å². The van der Waals surface area contributed by atoms with Crippen LogP contribution in [0.2, 0.25) is 5.02 Å². The number of sulfonamides is 1. The lowest BCUT2D eigenvalue weighted by atomic mass is 10.2. The zero-order valence-corrected chi connectivity index (χ0v) is 10.2. The monoisotopic (exact) mass is 260 g/mol. The van der Waals surface area contributed by atoms with Gasteiger partial charge >= 0.3 is 0 Å². The van der Waals surface area contributed by atoms with Gasteiger partial charge in [0.05, 0.1) is 4.90 Å². The smallest absolute Gasteiger partial charge is 0.238 e. The molecule has 16 heavy (non-hydrogen) atoms. The largest absolute Gasteiger partial charge is 0.310 e. The second-order valence-corrected chi connectivity index (χ2v) is 5.92. The molecular formula is C10H13ClN2O2S. The van der Waals surface area contributed by atoms with Gasteiger partial charge in [0.2, 0.25) is 10.0 Å². The van der Waals surface area contributed by atoms with Crippen molar-refractivity contribution in [2.45, 2.75) is 30.3 Å². The van der Waals surface area contributed by atoms with Crippen LogP contribution in [0, 0.1) is 0 Å². The molecule has 6 heteroatoms. The first kappa shape index (κ1) is 11.9. The van der Waals surface area contributed by atoms with Gasteiger partial charge in [-0.05, 0) is 30.5 Å². The molecule has 0 aromatic heterocycles. The Morgan fingerprint density at radius 2 is 2.12 bits per heavy atom. The van der Waals surface area contributed by atoms with Gasteiger partial charge in [-0.25, -0.2) is 13.6 Å². The van der Waals surface area contributed by atoms with Crippen molar-refractivity contribution >= 4 is 21.6 Å². The van der Waals surface area contributed by atoms with Crippen LogP contribution in [0.1, 0.15) is 18.4 Å². The highest BCUT2D eigenvalue weighted by atomic mass is 35.5. The van der Waals surface area contributed by atoms with E-state index in [-0.39, 0.29) is 4.90 Å². The predicted octanol–water partition coefficient (Wildman–Crippen LogP) is 1.24. The van der Waals surface area contributed by atoms with Crippen molar-refractivity contribution < 1.29 is 8.42 Å². The van der Waals surface area contributed by atoms with Crippen LogP contribution in [-0.4, -0.2) is 14.5 Å². The van der Waals surface area contributed by atoms with Crippen LogP contribution in [-0.2, 0) is 16.6 Å². The van der Waals surface area contributed by atoms with E-state index in [9.17, 15) is 8.42 Å². The third-order valence-electron chi connectivity index (χ3n) is 2.51. The highest BCUT2D eigenvalue weighted by Gasteiger charge is 2.20. The molecule has 1 aliphatic carbocycles. The summed E-state index contributed by atoms with van der Waals surface area (Å²) < 4.78 is 22.2. The van der Waals surface area contributed by atoms with E-state index < -0.39 is 10.0 Å². The lowest BCUT2D eigenvalue weighted by Gasteiger charge is -2.07. The zero-order valence-electron chi connectivity index (χ0n) is 8.61. The molecule has 0 heterocycles. The minimum Gasteiger partial charge on any atom is -0.310 e. The second-order valence-electron chi connectivity index (χ2n) is 3.95. The van der Waals surface area contributed by atoms with E-state index in [1.807, 2.05) is 0 Å². The van der Waals surface area contributed by atoms with Crippen LogP contribution in [0.15, 0.2) is 23.1 Å². The summed E-state index contributed by atoms with van der Waals surface area (Å²) in [6.45, 7) is 0.661. The number of benzene rings is 1. The molecule has 1 saturated carbocycles. The van der Waals surface area contributed by atoms with E-state index in [0.717, 1.165) is 5.56 Å². The summed E-state index contributed by atoms with van der Waals surface area (Å²) in [5.41, 5.74) is 0.890. The van der Waals surface area contributed by atoms with E-state index >= 15 is 0 Å². The maximum absolute atomic E-state index is 11.1. The average Bonchev–Trinajstić information content (AvgIpc) is 2.98. The topological polar surface area (TPSA) is 72.2 Å². The lowest BCUT2D eigenvalue weighted by molar-refractivity contribution is 0.597. The Morgan fingerprint density at radius 3 is 2.62 bits per heavy atom. The van der Waals surface area contributed by atoms with E-state index in [4.69, 9.17) is 16.7 Å². The van der Waals surface area contributed by atoms with E-state index in [1.54, 1.807) is 6.07 Å². The molecule has 3 N–H and O–H groups in total. The Balaban J connectivity index is 2.15. The quantitative estimate of drug-likeness (QED) is 0.856. The molecule has 0 amide bonds. The summed E-state index contributed by atoms with van der Waals surface area (Å²) in [6.07, 6.45) is 2.40. The van der Waals surface area contributed by atoms with Crippen LogP contribution in [0.4, 0.5) is 0 Å². The second kappa shape index (κ2) is 4.33. The minimum atomic E-state index is -3.67. The molecule has 0 aliphatic heterocycles. The molecule has 1 aliphatic rings. The molecule has 1 fully saturated rings. The predicted molar refractivity (Wildman–Crippen MR) is 62.7 cm³/mol. The Labute approximate surface area is 99.8 Å². The Morgan fingerprint density at radius 1 is 1.44 bits per heavy atom. The van der Waals surface area contributed by atoms with Gasteiger partial charge in [0.25, 0.3) is 0 Å². The van der Waals surface area contributed by atoms with Crippen molar-refractivity contribution in [2.24, 2.45) is 5.14 Å². The van der Waals surface area contributed by atoms with Gasteiger partial charge in [-0.15, -0.1) is 0 Å². The molecular weight excluding hydrogens is 248 g/mol. The summed E-state index contributed by atoms with van der Waals surface area (Å²) in [6, 6.07) is 5.15. The molecule has 88 valence electrons. The SMILES string of the molecule is NS(=O)(=O)c1ccc(CNC2CC2)c(Cl)c1. The number of hydrogen-bond donors (Lipinski definition) is 2. The maximum Gasteiger partial charge on any atom is 0.238 e. The first-order valence-corrected chi connectivity index (χ1v) is 6.94. The molecule has 0 atom stereocenters. The molecule has 0 unspecified atom stereocenters. The molecule has 1 aromatic rings. The zero-order chi connectivity index (χ0) is 11.8. The number of hydrogen-bond acceptors (Lipinski definition) is 3. The van der Waals surface area contributed by atoms with Crippen molar-refractivity contribution in [3.05, 3.63) is 28.8 Å². The van der Waals surface area contributed by atoms with E-state index in [2.05, 4.69) is 5.32 Å². The maximum atomic E-state index is 11.1. The van der Waals surface area contributed by atoms with Crippen LogP contribution < -0.4 is 10.5 Å².